The Morgan fingerprint density at radius 1 is 0.864 bits per heavy atom. The maximum absolute atomic E-state index is 10.0. The van der Waals surface area contributed by atoms with Crippen LogP contribution < -0.4 is 0 Å². The minimum atomic E-state index is 0. The van der Waals surface area contributed by atoms with Crippen molar-refractivity contribution in [3.8, 4) is 11.5 Å². The molecule has 3 rings (SSSR count). The van der Waals surface area contributed by atoms with Crippen LogP contribution in [0.15, 0.2) is 59.6 Å². The molecule has 0 fully saturated rings. The zero-order valence-electron chi connectivity index (χ0n) is 11.7. The fraction of sp³-hybridized carbons (Fsp3) is 0. The number of phenols is 2. The molecule has 0 aliphatic carbocycles. The molecule has 5 heteroatoms. The monoisotopic (exact) mass is 361 g/mol. The third kappa shape index (κ3) is 3.13. The van der Waals surface area contributed by atoms with E-state index < -0.39 is 0 Å². The zero-order chi connectivity index (χ0) is 14.8. The van der Waals surface area contributed by atoms with Gasteiger partial charge in [-0.15, -0.1) is 0 Å². The van der Waals surface area contributed by atoms with E-state index >= 15 is 0 Å². The molecule has 106 valence electrons. The van der Waals surface area contributed by atoms with E-state index in [9.17, 15) is 10.2 Å². The van der Waals surface area contributed by atoms with Gasteiger partial charge in [-0.25, -0.2) is 0 Å². The molecule has 3 nitrogen and oxygen atoms in total. The average Bonchev–Trinajstić information content (AvgIpc) is 2.48. The van der Waals surface area contributed by atoms with E-state index in [1.165, 1.54) is 6.21 Å². The minimum Gasteiger partial charge on any atom is -0.507 e. The predicted octanol–water partition coefficient (Wildman–Crippen LogP) is 4.65. The molecule has 0 saturated heterocycles. The number of nitrogens with zero attached hydrogens (tertiary/aromatic N) is 1. The first-order valence-electron chi connectivity index (χ1n) is 6.39. The van der Waals surface area contributed by atoms with Gasteiger partial charge in [0.1, 0.15) is 17.2 Å². The normalized spacial score (nSPS) is 10.8. The van der Waals surface area contributed by atoms with Gasteiger partial charge in [0.05, 0.1) is 5.02 Å². The quantitative estimate of drug-likeness (QED) is 0.514. The van der Waals surface area contributed by atoms with E-state index in [0.717, 1.165) is 5.39 Å². The standard InChI is InChI=1S/C17H12ClNO2.Zn/c18-13-6-3-5-11-8-9-15(21)17(16(11)13)19-10-12-4-1-2-7-14(12)20;/h1-10,20-21H;. The van der Waals surface area contributed by atoms with E-state index in [1.807, 2.05) is 12.1 Å². The van der Waals surface area contributed by atoms with Crippen molar-refractivity contribution < 1.29 is 29.7 Å². The second-order valence-corrected chi connectivity index (χ2v) is 5.00. The number of aliphatic imine (C=N–C) groups is 1. The van der Waals surface area contributed by atoms with Crippen molar-refractivity contribution in [3.63, 3.8) is 0 Å². The van der Waals surface area contributed by atoms with Crippen LogP contribution in [0.4, 0.5) is 5.69 Å². The number of halogens is 1. The molecule has 0 unspecified atom stereocenters. The summed E-state index contributed by atoms with van der Waals surface area (Å²) in [5.41, 5.74) is 0.960. The van der Waals surface area contributed by atoms with Gasteiger partial charge in [-0.1, -0.05) is 41.9 Å². The smallest absolute Gasteiger partial charge is 0.141 e. The van der Waals surface area contributed by atoms with Gasteiger partial charge < -0.3 is 10.2 Å². The van der Waals surface area contributed by atoms with Crippen molar-refractivity contribution in [2.75, 3.05) is 0 Å². The van der Waals surface area contributed by atoms with Crippen LogP contribution in [0.2, 0.25) is 5.02 Å². The Morgan fingerprint density at radius 2 is 1.64 bits per heavy atom. The van der Waals surface area contributed by atoms with E-state index in [-0.39, 0.29) is 31.0 Å². The number of fused-ring (bicyclic) bond motifs is 1. The zero-order valence-corrected chi connectivity index (χ0v) is 15.4. The molecule has 0 amide bonds. The molecular weight excluding hydrogens is 351 g/mol. The second-order valence-electron chi connectivity index (χ2n) is 4.59. The molecule has 3 aromatic rings. The molecule has 3 aromatic carbocycles. The molecule has 0 radical (unpaired) electrons. The molecule has 22 heavy (non-hydrogen) atoms. The Kier molecular flexibility index (Phi) is 5.17. The van der Waals surface area contributed by atoms with Gasteiger partial charge in [0.2, 0.25) is 0 Å². The SMILES string of the molecule is Oc1ccccc1C=Nc1c(O)ccc2cccc(Cl)c12.[Zn]. The summed E-state index contributed by atoms with van der Waals surface area (Å²) in [6, 6.07) is 15.7. The van der Waals surface area contributed by atoms with E-state index in [2.05, 4.69) is 4.99 Å². The van der Waals surface area contributed by atoms with E-state index in [4.69, 9.17) is 11.6 Å². The molecule has 2 N–H and O–H groups in total. The minimum absolute atomic E-state index is 0. The van der Waals surface area contributed by atoms with Gasteiger partial charge in [0, 0.05) is 36.6 Å². The largest absolute Gasteiger partial charge is 0.507 e. The van der Waals surface area contributed by atoms with Gasteiger partial charge in [-0.05, 0) is 29.7 Å². The Labute approximate surface area is 145 Å². The molecule has 0 heterocycles. The topological polar surface area (TPSA) is 52.8 Å². The molecular formula is C17H12ClNO2Zn. The summed E-state index contributed by atoms with van der Waals surface area (Å²) < 4.78 is 0. The van der Waals surface area contributed by atoms with Crippen molar-refractivity contribution in [1.82, 2.24) is 0 Å². The van der Waals surface area contributed by atoms with Gasteiger partial charge >= 0.3 is 0 Å². The first kappa shape index (κ1) is 16.5. The van der Waals surface area contributed by atoms with Crippen LogP contribution in [0, 0.1) is 0 Å². The summed E-state index contributed by atoms with van der Waals surface area (Å²) in [4.78, 5) is 4.31. The molecule has 0 saturated carbocycles. The predicted molar refractivity (Wildman–Crippen MR) is 86.0 cm³/mol. The fourth-order valence-corrected chi connectivity index (χ4v) is 2.44. The fourth-order valence-electron chi connectivity index (χ4n) is 2.17. The third-order valence-corrected chi connectivity index (χ3v) is 3.53. The van der Waals surface area contributed by atoms with Crippen LogP contribution in [-0.4, -0.2) is 16.4 Å². The van der Waals surface area contributed by atoms with Crippen LogP contribution in [0.1, 0.15) is 5.56 Å². The van der Waals surface area contributed by atoms with Crippen molar-refractivity contribution in [2.24, 2.45) is 4.99 Å². The third-order valence-electron chi connectivity index (χ3n) is 3.22. The van der Waals surface area contributed by atoms with E-state index in [1.54, 1.807) is 42.5 Å². The molecule has 0 aromatic heterocycles. The molecule has 0 atom stereocenters. The van der Waals surface area contributed by atoms with Crippen LogP contribution in [-0.2, 0) is 19.5 Å². The summed E-state index contributed by atoms with van der Waals surface area (Å²) in [6.45, 7) is 0. The average molecular weight is 363 g/mol. The number of para-hydroxylation sites is 1. The second kappa shape index (κ2) is 6.91. The number of rotatable bonds is 2. The number of hydrogen-bond donors (Lipinski definition) is 2. The van der Waals surface area contributed by atoms with Crippen LogP contribution in [0.5, 0.6) is 11.5 Å². The van der Waals surface area contributed by atoms with Crippen molar-refractivity contribution >= 4 is 34.3 Å². The molecule has 0 aliphatic heterocycles. The van der Waals surface area contributed by atoms with Crippen molar-refractivity contribution in [1.29, 1.82) is 0 Å². The molecule has 0 aliphatic rings. The van der Waals surface area contributed by atoms with Gasteiger partial charge in [0.15, 0.2) is 0 Å². The number of hydrogen-bond acceptors (Lipinski definition) is 3. The van der Waals surface area contributed by atoms with Gasteiger partial charge in [-0.2, -0.15) is 0 Å². The summed E-state index contributed by atoms with van der Waals surface area (Å²) in [5.74, 6) is 0.175. The molecule has 0 bridgehead atoms. The molecule has 0 spiro atoms. The summed E-state index contributed by atoms with van der Waals surface area (Å²) >= 11 is 6.21. The van der Waals surface area contributed by atoms with E-state index in [0.29, 0.717) is 21.7 Å². The van der Waals surface area contributed by atoms with Gasteiger partial charge in [0.25, 0.3) is 0 Å². The number of aromatic hydroxyl groups is 2. The maximum Gasteiger partial charge on any atom is 0.141 e. The maximum atomic E-state index is 10.0. The first-order valence-corrected chi connectivity index (χ1v) is 6.77. The number of phenolic OH excluding ortho intramolecular Hbond substituents is 2. The summed E-state index contributed by atoms with van der Waals surface area (Å²) in [6.07, 6.45) is 1.51. The Hall–Kier alpha value is -1.90. The van der Waals surface area contributed by atoms with Crippen LogP contribution in [0.3, 0.4) is 0 Å². The van der Waals surface area contributed by atoms with Crippen LogP contribution >= 0.6 is 11.6 Å². The Bertz CT molecular complexity index is 849. The van der Waals surface area contributed by atoms with Crippen molar-refractivity contribution in [3.05, 3.63) is 65.2 Å². The Morgan fingerprint density at radius 3 is 2.41 bits per heavy atom. The summed E-state index contributed by atoms with van der Waals surface area (Å²) in [5, 5.41) is 21.9. The van der Waals surface area contributed by atoms with Crippen LogP contribution in [0.25, 0.3) is 10.8 Å². The first-order chi connectivity index (χ1) is 10.2. The van der Waals surface area contributed by atoms with Gasteiger partial charge in [-0.3, -0.25) is 4.99 Å². The summed E-state index contributed by atoms with van der Waals surface area (Å²) in [7, 11) is 0. The van der Waals surface area contributed by atoms with Crippen molar-refractivity contribution in [2.45, 2.75) is 0 Å². The number of benzene rings is 3. The Balaban J connectivity index is 0.00000176.